The standard InChI is InChI=1S/C11H15F2NO2/c1-11(2,6-16-14)7-4-5-8(12)9(13)10(7)15-3/h4-5H,6,14H2,1-3H3. The summed E-state index contributed by atoms with van der Waals surface area (Å²) in [5.74, 6) is 2.96. The molecule has 0 bridgehead atoms. The fourth-order valence-electron chi connectivity index (χ4n) is 1.55. The highest BCUT2D eigenvalue weighted by Crippen LogP contribution is 2.34. The van der Waals surface area contributed by atoms with E-state index in [4.69, 9.17) is 10.6 Å². The second-order valence-corrected chi connectivity index (χ2v) is 4.14. The van der Waals surface area contributed by atoms with Crippen LogP contribution in [-0.2, 0) is 10.3 Å². The van der Waals surface area contributed by atoms with Crippen LogP contribution in [0.3, 0.4) is 0 Å². The smallest absolute Gasteiger partial charge is 0.200 e. The van der Waals surface area contributed by atoms with Gasteiger partial charge in [-0.15, -0.1) is 0 Å². The van der Waals surface area contributed by atoms with Gasteiger partial charge in [0.05, 0.1) is 13.7 Å². The number of benzene rings is 1. The maximum Gasteiger partial charge on any atom is 0.200 e. The molecule has 0 aliphatic rings. The highest BCUT2D eigenvalue weighted by Gasteiger charge is 2.28. The third-order valence-electron chi connectivity index (χ3n) is 2.43. The van der Waals surface area contributed by atoms with Gasteiger partial charge in [-0.3, -0.25) is 0 Å². The third-order valence-corrected chi connectivity index (χ3v) is 2.43. The van der Waals surface area contributed by atoms with E-state index in [1.165, 1.54) is 13.2 Å². The van der Waals surface area contributed by atoms with Crippen LogP contribution in [0, 0.1) is 11.6 Å². The molecule has 3 nitrogen and oxygen atoms in total. The quantitative estimate of drug-likeness (QED) is 0.807. The summed E-state index contributed by atoms with van der Waals surface area (Å²) in [6.07, 6.45) is 0. The van der Waals surface area contributed by atoms with Gasteiger partial charge in [0.1, 0.15) is 0 Å². The first-order chi connectivity index (χ1) is 7.44. The summed E-state index contributed by atoms with van der Waals surface area (Å²) in [6.45, 7) is 3.78. The van der Waals surface area contributed by atoms with Crippen molar-refractivity contribution >= 4 is 0 Å². The molecule has 1 aromatic carbocycles. The summed E-state index contributed by atoms with van der Waals surface area (Å²) in [7, 11) is 1.29. The molecule has 0 aliphatic heterocycles. The van der Waals surface area contributed by atoms with Gasteiger partial charge in [0.15, 0.2) is 11.6 Å². The van der Waals surface area contributed by atoms with Crippen LogP contribution in [0.2, 0.25) is 0 Å². The Morgan fingerprint density at radius 3 is 2.44 bits per heavy atom. The van der Waals surface area contributed by atoms with E-state index in [0.717, 1.165) is 6.07 Å². The molecule has 90 valence electrons. The Hall–Kier alpha value is -1.20. The van der Waals surface area contributed by atoms with Crippen molar-refractivity contribution < 1.29 is 18.4 Å². The first-order valence-electron chi connectivity index (χ1n) is 4.78. The van der Waals surface area contributed by atoms with E-state index in [2.05, 4.69) is 4.84 Å². The fraction of sp³-hybridized carbons (Fsp3) is 0.455. The minimum absolute atomic E-state index is 0.109. The molecule has 0 saturated carbocycles. The van der Waals surface area contributed by atoms with E-state index in [1.807, 2.05) is 0 Å². The van der Waals surface area contributed by atoms with Crippen molar-refractivity contribution in [2.24, 2.45) is 5.90 Å². The molecule has 0 saturated heterocycles. The first kappa shape index (κ1) is 12.9. The summed E-state index contributed by atoms with van der Waals surface area (Å²) in [5, 5.41) is 0. The van der Waals surface area contributed by atoms with Crippen LogP contribution >= 0.6 is 0 Å². The molecule has 0 atom stereocenters. The van der Waals surface area contributed by atoms with Gasteiger partial charge in [0.2, 0.25) is 5.82 Å². The Kier molecular flexibility index (Phi) is 3.83. The molecular formula is C11H15F2NO2. The predicted octanol–water partition coefficient (Wildman–Crippen LogP) is 2.14. The lowest BCUT2D eigenvalue weighted by Crippen LogP contribution is -2.27. The number of rotatable bonds is 4. The van der Waals surface area contributed by atoms with Gasteiger partial charge >= 0.3 is 0 Å². The molecule has 0 aliphatic carbocycles. The lowest BCUT2D eigenvalue weighted by molar-refractivity contribution is 0.0951. The second-order valence-electron chi connectivity index (χ2n) is 4.14. The van der Waals surface area contributed by atoms with E-state index in [-0.39, 0.29) is 12.4 Å². The van der Waals surface area contributed by atoms with Crippen molar-refractivity contribution in [2.45, 2.75) is 19.3 Å². The van der Waals surface area contributed by atoms with Gasteiger partial charge in [-0.2, -0.15) is 4.39 Å². The monoisotopic (exact) mass is 231 g/mol. The Balaban J connectivity index is 3.28. The Labute approximate surface area is 93.1 Å². The van der Waals surface area contributed by atoms with Crippen LogP contribution in [0.1, 0.15) is 19.4 Å². The highest BCUT2D eigenvalue weighted by atomic mass is 19.2. The third kappa shape index (κ3) is 2.31. The average Bonchev–Trinajstić information content (AvgIpc) is 2.21. The normalized spacial score (nSPS) is 11.6. The lowest BCUT2D eigenvalue weighted by atomic mass is 9.85. The van der Waals surface area contributed by atoms with E-state index in [9.17, 15) is 8.78 Å². The molecule has 1 aromatic rings. The number of ether oxygens (including phenoxy) is 1. The summed E-state index contributed by atoms with van der Waals surface area (Å²) in [5.41, 5.74) is -0.0476. The Morgan fingerprint density at radius 2 is 1.94 bits per heavy atom. The minimum atomic E-state index is -0.995. The van der Waals surface area contributed by atoms with Gasteiger partial charge in [-0.25, -0.2) is 10.3 Å². The van der Waals surface area contributed by atoms with Crippen molar-refractivity contribution in [1.29, 1.82) is 0 Å². The maximum atomic E-state index is 13.5. The molecule has 0 fully saturated rings. The summed E-state index contributed by atoms with van der Waals surface area (Å²) >= 11 is 0. The van der Waals surface area contributed by atoms with Gasteiger partial charge in [-0.05, 0) is 6.07 Å². The van der Waals surface area contributed by atoms with Crippen molar-refractivity contribution in [3.05, 3.63) is 29.3 Å². The molecule has 0 radical (unpaired) electrons. The van der Waals surface area contributed by atoms with E-state index < -0.39 is 17.0 Å². The molecule has 0 unspecified atom stereocenters. The topological polar surface area (TPSA) is 44.5 Å². The van der Waals surface area contributed by atoms with Gasteiger partial charge in [0, 0.05) is 11.0 Å². The lowest BCUT2D eigenvalue weighted by Gasteiger charge is -2.25. The minimum Gasteiger partial charge on any atom is -0.493 e. The molecule has 1 rings (SSSR count). The summed E-state index contributed by atoms with van der Waals surface area (Å²) in [6, 6.07) is 2.53. The molecule has 0 aromatic heterocycles. The second kappa shape index (κ2) is 4.76. The van der Waals surface area contributed by atoms with Crippen LogP contribution in [0.15, 0.2) is 12.1 Å². The van der Waals surface area contributed by atoms with Crippen molar-refractivity contribution in [3.63, 3.8) is 0 Å². The van der Waals surface area contributed by atoms with Gasteiger partial charge < -0.3 is 9.57 Å². The molecule has 0 spiro atoms. The Bertz CT molecular complexity index is 380. The zero-order valence-corrected chi connectivity index (χ0v) is 9.51. The van der Waals surface area contributed by atoms with Crippen molar-refractivity contribution in [1.82, 2.24) is 0 Å². The molecule has 16 heavy (non-hydrogen) atoms. The van der Waals surface area contributed by atoms with Gasteiger partial charge in [0.25, 0.3) is 0 Å². The average molecular weight is 231 g/mol. The predicted molar refractivity (Wildman–Crippen MR) is 56.1 cm³/mol. The Morgan fingerprint density at radius 1 is 1.31 bits per heavy atom. The van der Waals surface area contributed by atoms with Crippen molar-refractivity contribution in [2.75, 3.05) is 13.7 Å². The zero-order valence-electron chi connectivity index (χ0n) is 9.51. The SMILES string of the molecule is COc1c(C(C)(C)CON)ccc(F)c1F. The van der Waals surface area contributed by atoms with Crippen LogP contribution < -0.4 is 10.6 Å². The van der Waals surface area contributed by atoms with Crippen LogP contribution in [-0.4, -0.2) is 13.7 Å². The summed E-state index contributed by atoms with van der Waals surface area (Å²) < 4.78 is 31.3. The first-order valence-corrected chi connectivity index (χ1v) is 4.78. The van der Waals surface area contributed by atoms with Crippen molar-refractivity contribution in [3.8, 4) is 5.75 Å². The number of hydrogen-bond acceptors (Lipinski definition) is 3. The van der Waals surface area contributed by atoms with E-state index in [0.29, 0.717) is 5.56 Å². The van der Waals surface area contributed by atoms with E-state index >= 15 is 0 Å². The molecular weight excluding hydrogens is 216 g/mol. The molecule has 0 heterocycles. The molecule has 2 N–H and O–H groups in total. The number of methoxy groups -OCH3 is 1. The fourth-order valence-corrected chi connectivity index (χ4v) is 1.55. The van der Waals surface area contributed by atoms with Gasteiger partial charge in [-0.1, -0.05) is 19.9 Å². The highest BCUT2D eigenvalue weighted by molar-refractivity contribution is 5.40. The number of halogens is 2. The van der Waals surface area contributed by atoms with E-state index in [1.54, 1.807) is 13.8 Å². The largest absolute Gasteiger partial charge is 0.493 e. The summed E-state index contributed by atoms with van der Waals surface area (Å²) in [4.78, 5) is 4.56. The van der Waals surface area contributed by atoms with Crippen LogP contribution in [0.4, 0.5) is 8.78 Å². The number of hydrogen-bond donors (Lipinski definition) is 1. The van der Waals surface area contributed by atoms with Crippen LogP contribution in [0.25, 0.3) is 0 Å². The maximum absolute atomic E-state index is 13.5. The molecule has 5 heteroatoms. The number of nitrogens with two attached hydrogens (primary N) is 1. The zero-order chi connectivity index (χ0) is 12.3. The molecule has 0 amide bonds. The van der Waals surface area contributed by atoms with Crippen LogP contribution in [0.5, 0.6) is 5.75 Å².